The van der Waals surface area contributed by atoms with Crippen LogP contribution in [0.5, 0.6) is 0 Å². The molecule has 7 heteroatoms. The van der Waals surface area contributed by atoms with Crippen molar-refractivity contribution >= 4 is 11.9 Å². The van der Waals surface area contributed by atoms with Crippen molar-refractivity contribution in [1.29, 1.82) is 0 Å². The number of aromatic nitrogens is 2. The predicted molar refractivity (Wildman–Crippen MR) is 89.4 cm³/mol. The van der Waals surface area contributed by atoms with Gasteiger partial charge in [0, 0.05) is 17.8 Å². The number of fused-ring (bicyclic) bond motifs is 1. The average molecular weight is 345 g/mol. The van der Waals surface area contributed by atoms with Gasteiger partial charge in [0.05, 0.1) is 5.69 Å². The number of hydrogen-bond acceptors (Lipinski definition) is 3. The molecule has 1 aromatic heterocycles. The van der Waals surface area contributed by atoms with Gasteiger partial charge in [-0.3, -0.25) is 9.59 Å². The van der Waals surface area contributed by atoms with Crippen molar-refractivity contribution in [2.75, 3.05) is 13.1 Å². The van der Waals surface area contributed by atoms with E-state index in [9.17, 15) is 14.0 Å². The molecule has 0 atom stereocenters. The molecule has 6 nitrogen and oxygen atoms in total. The Hall–Kier alpha value is -2.70. The summed E-state index contributed by atoms with van der Waals surface area (Å²) in [7, 11) is 0. The normalized spacial score (nSPS) is 12.9. The minimum Gasteiger partial charge on any atom is -0.480 e. The maximum Gasteiger partial charge on any atom is 0.323 e. The molecular weight excluding hydrogens is 325 g/mol. The zero-order valence-electron chi connectivity index (χ0n) is 14.0. The number of benzene rings is 1. The fourth-order valence-electron chi connectivity index (χ4n) is 3.27. The standard InChI is InChI=1S/C18H20FN3O3/c1-2-9-21(11-16(23)24)18(25)17-14-7-4-8-15(14)22(20-17)13-6-3-5-12(19)10-13/h3,5-6,10H,2,4,7-9,11H2,1H3,(H,23,24). The molecule has 132 valence electrons. The van der Waals surface area contributed by atoms with E-state index in [2.05, 4.69) is 5.10 Å². The number of nitrogens with zero attached hydrogens (tertiary/aromatic N) is 3. The molecule has 3 rings (SSSR count). The number of carboxylic acids is 1. The van der Waals surface area contributed by atoms with Crippen molar-refractivity contribution in [2.24, 2.45) is 0 Å². The summed E-state index contributed by atoms with van der Waals surface area (Å²) in [5, 5.41) is 13.5. The second kappa shape index (κ2) is 7.04. The lowest BCUT2D eigenvalue weighted by Gasteiger charge is -2.19. The van der Waals surface area contributed by atoms with E-state index in [-0.39, 0.29) is 24.0 Å². The van der Waals surface area contributed by atoms with Gasteiger partial charge in [-0.15, -0.1) is 0 Å². The molecule has 2 aromatic rings. The molecule has 0 spiro atoms. The fourth-order valence-corrected chi connectivity index (χ4v) is 3.27. The van der Waals surface area contributed by atoms with Crippen molar-refractivity contribution < 1.29 is 19.1 Å². The third-order valence-corrected chi connectivity index (χ3v) is 4.29. The molecule has 0 fully saturated rings. The molecule has 1 N–H and O–H groups in total. The summed E-state index contributed by atoms with van der Waals surface area (Å²) >= 11 is 0. The molecule has 1 aliphatic rings. The van der Waals surface area contributed by atoms with Crippen molar-refractivity contribution in [3.05, 3.63) is 47.0 Å². The number of hydrogen-bond donors (Lipinski definition) is 1. The summed E-state index contributed by atoms with van der Waals surface area (Å²) in [4.78, 5) is 25.2. The van der Waals surface area contributed by atoms with E-state index in [1.165, 1.54) is 17.0 Å². The summed E-state index contributed by atoms with van der Waals surface area (Å²) < 4.78 is 15.2. The molecule has 0 unspecified atom stereocenters. The van der Waals surface area contributed by atoms with E-state index in [1.807, 2.05) is 6.92 Å². The molecule has 0 aliphatic heterocycles. The van der Waals surface area contributed by atoms with Gasteiger partial charge in [-0.25, -0.2) is 9.07 Å². The smallest absolute Gasteiger partial charge is 0.323 e. The van der Waals surface area contributed by atoms with Gasteiger partial charge in [-0.1, -0.05) is 13.0 Å². The Balaban J connectivity index is 2.01. The van der Waals surface area contributed by atoms with Crippen LogP contribution < -0.4 is 0 Å². The zero-order valence-corrected chi connectivity index (χ0v) is 14.0. The fraction of sp³-hybridized carbons (Fsp3) is 0.389. The van der Waals surface area contributed by atoms with Crippen molar-refractivity contribution in [2.45, 2.75) is 32.6 Å². The maximum absolute atomic E-state index is 13.6. The van der Waals surface area contributed by atoms with Crippen LogP contribution in [-0.2, 0) is 17.6 Å². The van der Waals surface area contributed by atoms with Gasteiger partial charge in [0.25, 0.3) is 5.91 Å². The van der Waals surface area contributed by atoms with Crippen LogP contribution in [0.1, 0.15) is 41.5 Å². The van der Waals surface area contributed by atoms with Crippen molar-refractivity contribution in [3.63, 3.8) is 0 Å². The summed E-state index contributed by atoms with van der Waals surface area (Å²) in [6, 6.07) is 6.07. The Labute approximate surface area is 144 Å². The van der Waals surface area contributed by atoms with Gasteiger partial charge in [-0.2, -0.15) is 5.10 Å². The monoisotopic (exact) mass is 345 g/mol. The first-order chi connectivity index (χ1) is 12.0. The van der Waals surface area contributed by atoms with Crippen LogP contribution in [-0.4, -0.2) is 44.8 Å². The number of amides is 1. The van der Waals surface area contributed by atoms with E-state index in [0.29, 0.717) is 18.7 Å². The van der Waals surface area contributed by atoms with Gasteiger partial charge < -0.3 is 10.0 Å². The number of carboxylic acid groups (broad SMARTS) is 1. The number of carbonyl (C=O) groups excluding carboxylic acids is 1. The predicted octanol–water partition coefficient (Wildman–Crippen LogP) is 2.44. The lowest BCUT2D eigenvalue weighted by atomic mass is 10.1. The van der Waals surface area contributed by atoms with Gasteiger partial charge in [-0.05, 0) is 43.9 Å². The van der Waals surface area contributed by atoms with E-state index >= 15 is 0 Å². The topological polar surface area (TPSA) is 75.4 Å². The van der Waals surface area contributed by atoms with Gasteiger partial charge in [0.1, 0.15) is 12.4 Å². The summed E-state index contributed by atoms with van der Waals surface area (Å²) in [5.41, 5.74) is 2.60. The highest BCUT2D eigenvalue weighted by Crippen LogP contribution is 2.28. The van der Waals surface area contributed by atoms with Crippen LogP contribution in [0, 0.1) is 5.82 Å². The Bertz CT molecular complexity index is 816. The highest BCUT2D eigenvalue weighted by atomic mass is 19.1. The molecular formula is C18H20FN3O3. The summed E-state index contributed by atoms with van der Waals surface area (Å²) in [6.07, 6.45) is 3.04. The minimum atomic E-state index is -1.05. The first-order valence-corrected chi connectivity index (χ1v) is 8.39. The van der Waals surface area contributed by atoms with E-state index in [4.69, 9.17) is 5.11 Å². The lowest BCUT2D eigenvalue weighted by Crippen LogP contribution is -2.37. The van der Waals surface area contributed by atoms with Crippen molar-refractivity contribution in [1.82, 2.24) is 14.7 Å². The first kappa shape index (κ1) is 17.1. The first-order valence-electron chi connectivity index (χ1n) is 8.39. The Kier molecular flexibility index (Phi) is 4.83. The van der Waals surface area contributed by atoms with E-state index in [1.54, 1.807) is 16.8 Å². The number of halogens is 1. The van der Waals surface area contributed by atoms with Crippen LogP contribution in [0.3, 0.4) is 0 Å². The molecule has 1 heterocycles. The molecule has 0 bridgehead atoms. The zero-order chi connectivity index (χ0) is 18.0. The maximum atomic E-state index is 13.6. The Morgan fingerprint density at radius 2 is 2.16 bits per heavy atom. The average Bonchev–Trinajstić information content (AvgIpc) is 3.15. The van der Waals surface area contributed by atoms with Crippen molar-refractivity contribution in [3.8, 4) is 5.69 Å². The SMILES string of the molecule is CCCN(CC(=O)O)C(=O)c1nn(-c2cccc(F)c2)c2c1CCC2. The molecule has 1 aromatic carbocycles. The quantitative estimate of drug-likeness (QED) is 0.872. The highest BCUT2D eigenvalue weighted by Gasteiger charge is 2.30. The lowest BCUT2D eigenvalue weighted by molar-refractivity contribution is -0.137. The van der Waals surface area contributed by atoms with Crippen LogP contribution >= 0.6 is 0 Å². The van der Waals surface area contributed by atoms with Crippen LogP contribution in [0.4, 0.5) is 4.39 Å². The summed E-state index contributed by atoms with van der Waals surface area (Å²) in [6.45, 7) is 1.89. The Morgan fingerprint density at radius 3 is 2.84 bits per heavy atom. The van der Waals surface area contributed by atoms with Gasteiger partial charge in [0.15, 0.2) is 5.69 Å². The van der Waals surface area contributed by atoms with Gasteiger partial charge in [0.2, 0.25) is 0 Å². The number of rotatable bonds is 6. The molecule has 0 saturated carbocycles. The molecule has 25 heavy (non-hydrogen) atoms. The van der Waals surface area contributed by atoms with Crippen LogP contribution in [0.2, 0.25) is 0 Å². The molecule has 0 saturated heterocycles. The number of aliphatic carboxylic acids is 1. The minimum absolute atomic E-state index is 0.284. The Morgan fingerprint density at radius 1 is 1.36 bits per heavy atom. The van der Waals surface area contributed by atoms with Crippen LogP contribution in [0.15, 0.2) is 24.3 Å². The molecule has 1 aliphatic carbocycles. The second-order valence-electron chi connectivity index (χ2n) is 6.14. The molecule has 1 amide bonds. The van der Waals surface area contributed by atoms with Crippen LogP contribution in [0.25, 0.3) is 5.69 Å². The molecule has 0 radical (unpaired) electrons. The number of carbonyl (C=O) groups is 2. The van der Waals surface area contributed by atoms with Gasteiger partial charge >= 0.3 is 5.97 Å². The third-order valence-electron chi connectivity index (χ3n) is 4.29. The third kappa shape index (κ3) is 3.40. The largest absolute Gasteiger partial charge is 0.480 e. The van der Waals surface area contributed by atoms with E-state index in [0.717, 1.165) is 30.5 Å². The summed E-state index contributed by atoms with van der Waals surface area (Å²) in [5.74, 6) is -1.80. The van der Waals surface area contributed by atoms with E-state index < -0.39 is 5.97 Å². The second-order valence-corrected chi connectivity index (χ2v) is 6.14. The highest BCUT2D eigenvalue weighted by molar-refractivity contribution is 5.96.